The van der Waals surface area contributed by atoms with Crippen molar-refractivity contribution in [3.63, 3.8) is 0 Å². The van der Waals surface area contributed by atoms with Crippen molar-refractivity contribution < 1.29 is 13.2 Å². The van der Waals surface area contributed by atoms with E-state index in [0.29, 0.717) is 24.8 Å². The fourth-order valence-corrected chi connectivity index (χ4v) is 6.41. The van der Waals surface area contributed by atoms with E-state index >= 15 is 0 Å². The van der Waals surface area contributed by atoms with Crippen molar-refractivity contribution in [2.75, 3.05) is 25.4 Å². The Kier molecular flexibility index (Phi) is 7.08. The minimum absolute atomic E-state index is 0.00000293. The van der Waals surface area contributed by atoms with Gasteiger partial charge in [0.1, 0.15) is 24.2 Å². The van der Waals surface area contributed by atoms with Gasteiger partial charge >= 0.3 is 0 Å². The molecular weight excluding hydrogens is 494 g/mol. The number of aromatic nitrogens is 4. The highest BCUT2D eigenvalue weighted by molar-refractivity contribution is 7.89. The van der Waals surface area contributed by atoms with E-state index in [9.17, 15) is 13.7 Å². The fraction of sp³-hybridized carbons (Fsp3) is 0.500. The first kappa shape index (κ1) is 26.0. The summed E-state index contributed by atoms with van der Waals surface area (Å²) in [6.45, 7) is 17.7. The van der Waals surface area contributed by atoms with Gasteiger partial charge in [0, 0.05) is 31.8 Å². The van der Waals surface area contributed by atoms with Crippen molar-refractivity contribution >= 4 is 34.9 Å². The van der Waals surface area contributed by atoms with E-state index in [1.54, 1.807) is 17.6 Å². The third-order valence-electron chi connectivity index (χ3n) is 6.59. The quantitative estimate of drug-likeness (QED) is 0.224. The van der Waals surface area contributed by atoms with Gasteiger partial charge in [0.15, 0.2) is 0 Å². The summed E-state index contributed by atoms with van der Waals surface area (Å²) in [5.74, 6) is 0.342. The lowest BCUT2D eigenvalue weighted by Crippen LogP contribution is -2.63. The second kappa shape index (κ2) is 9.79. The lowest BCUT2D eigenvalue weighted by atomic mass is 9.88. The van der Waals surface area contributed by atoms with Crippen molar-refractivity contribution in [3.05, 3.63) is 42.3 Å². The molecule has 4 heterocycles. The van der Waals surface area contributed by atoms with Gasteiger partial charge in [-0.2, -0.15) is 9.57 Å². The minimum atomic E-state index is -3.37. The topological polar surface area (TPSA) is 110 Å². The minimum Gasteiger partial charge on any atom is -0.364 e. The lowest BCUT2D eigenvalue weighted by Gasteiger charge is -2.46. The lowest BCUT2D eigenvalue weighted by molar-refractivity contribution is 0.0875. The third kappa shape index (κ3) is 4.95. The summed E-state index contributed by atoms with van der Waals surface area (Å²) >= 11 is 0. The van der Waals surface area contributed by atoms with E-state index in [1.165, 1.54) is 10.6 Å². The van der Waals surface area contributed by atoms with Gasteiger partial charge in [-0.15, -0.1) is 0 Å². The van der Waals surface area contributed by atoms with Gasteiger partial charge in [-0.3, -0.25) is 4.57 Å². The number of hydrogen-bond donors (Lipinski definition) is 0. The maximum atomic E-state index is 12.3. The molecule has 3 aromatic rings. The molecule has 0 N–H and O–H groups in total. The smallest absolute Gasteiger partial charge is 0.231 e. The van der Waals surface area contributed by atoms with Crippen LogP contribution in [0.2, 0.25) is 25.7 Å². The molecule has 0 aliphatic carbocycles. The Morgan fingerprint density at radius 2 is 2.06 bits per heavy atom. The summed E-state index contributed by atoms with van der Waals surface area (Å²) in [4.78, 5) is 12.6. The summed E-state index contributed by atoms with van der Waals surface area (Å²) < 4.78 is 35.6. The molecule has 0 radical (unpaired) electrons. The Morgan fingerprint density at radius 1 is 1.31 bits per heavy atom. The monoisotopic (exact) mass is 525 g/mol. The maximum absolute atomic E-state index is 12.3. The molecule has 10 nitrogen and oxygen atoms in total. The zero-order chi connectivity index (χ0) is 26.1. The van der Waals surface area contributed by atoms with E-state index in [0.717, 1.165) is 22.6 Å². The molecule has 0 atom stereocenters. The van der Waals surface area contributed by atoms with Gasteiger partial charge in [0.05, 0.1) is 43.2 Å². The Bertz CT molecular complexity index is 1450. The molecule has 3 aromatic heterocycles. The normalized spacial score (nSPS) is 15.9. The second-order valence-electron chi connectivity index (χ2n) is 10.4. The van der Waals surface area contributed by atoms with Gasteiger partial charge in [-0.05, 0) is 25.1 Å². The Hall–Kier alpha value is -3.03. The molecule has 36 heavy (non-hydrogen) atoms. The first-order valence-corrected chi connectivity index (χ1v) is 17.2. The molecule has 12 heteroatoms. The summed E-state index contributed by atoms with van der Waals surface area (Å²) in [6, 6.07) is 6.94. The molecule has 190 valence electrons. The van der Waals surface area contributed by atoms with Crippen LogP contribution in [0, 0.1) is 17.9 Å². The van der Waals surface area contributed by atoms with E-state index < -0.39 is 23.6 Å². The van der Waals surface area contributed by atoms with Crippen LogP contribution in [0.4, 0.5) is 5.82 Å². The van der Waals surface area contributed by atoms with Crippen LogP contribution in [0.5, 0.6) is 0 Å². The van der Waals surface area contributed by atoms with Crippen molar-refractivity contribution in [2.45, 2.75) is 51.3 Å². The molecular formula is C24H31N7O3SSi. The molecule has 4 rings (SSSR count). The van der Waals surface area contributed by atoms with Gasteiger partial charge in [-0.25, -0.2) is 18.4 Å². The predicted octanol–water partition coefficient (Wildman–Crippen LogP) is 4.04. The summed E-state index contributed by atoms with van der Waals surface area (Å²) in [5, 5.41) is 10.3. The highest BCUT2D eigenvalue weighted by Crippen LogP contribution is 2.41. The molecule has 0 amide bonds. The fourth-order valence-electron chi connectivity index (χ4n) is 4.41. The van der Waals surface area contributed by atoms with Gasteiger partial charge in [0.2, 0.25) is 15.8 Å². The van der Waals surface area contributed by atoms with E-state index in [4.69, 9.17) is 11.3 Å². The number of rotatable bonds is 10. The Morgan fingerprint density at radius 3 is 2.69 bits per heavy atom. The first-order valence-electron chi connectivity index (χ1n) is 11.9. The molecule has 0 bridgehead atoms. The van der Waals surface area contributed by atoms with Crippen molar-refractivity contribution in [1.82, 2.24) is 23.4 Å². The van der Waals surface area contributed by atoms with Crippen LogP contribution >= 0.6 is 0 Å². The summed E-state index contributed by atoms with van der Waals surface area (Å²) in [5.41, 5.74) is 1.35. The van der Waals surface area contributed by atoms with Crippen LogP contribution in [-0.2, 0) is 27.0 Å². The molecule has 1 saturated heterocycles. The number of hydrogen-bond acceptors (Lipinski definition) is 6. The molecule has 0 saturated carbocycles. The number of ether oxygens (including phenoxy) is 1. The molecule has 0 spiro atoms. The van der Waals surface area contributed by atoms with E-state index in [2.05, 4.69) is 40.5 Å². The number of nitrogens with zero attached hydrogens (tertiary/aromatic N) is 7. The molecule has 1 fully saturated rings. The Labute approximate surface area is 213 Å². The summed E-state index contributed by atoms with van der Waals surface area (Å²) in [7, 11) is -4.54. The zero-order valence-corrected chi connectivity index (χ0v) is 22.9. The largest absolute Gasteiger partial charge is 0.364 e. The molecule has 0 aromatic carbocycles. The standard InChI is InChI=1S/C24H31N7O3SSi/c1-6-35(32,33)30-15-24(16-30,8-9-25)31-14-19(13-21(31)26-2)22-20-7-10-29(23(20)28-17-27-22)18-34-11-12-36(3,4)5/h7,10,13-14,17H,6,8,11-12,15-16,18H2,1,3-5H3. The average Bonchev–Trinajstić information content (AvgIpc) is 3.42. The predicted molar refractivity (Wildman–Crippen MR) is 141 cm³/mol. The van der Waals surface area contributed by atoms with E-state index in [-0.39, 0.29) is 25.3 Å². The second-order valence-corrected chi connectivity index (χ2v) is 18.3. The number of sulfonamides is 1. The van der Waals surface area contributed by atoms with Gasteiger partial charge in [0.25, 0.3) is 0 Å². The van der Waals surface area contributed by atoms with Crippen LogP contribution in [0.3, 0.4) is 0 Å². The van der Waals surface area contributed by atoms with Crippen LogP contribution < -0.4 is 0 Å². The van der Waals surface area contributed by atoms with Crippen molar-refractivity contribution in [3.8, 4) is 17.3 Å². The SMILES string of the molecule is [C-]#[N+]c1cc(-c2ncnc3c2ccn3COCC[Si](C)(C)C)cn1C1(CC#N)CN(S(=O)(=O)CC)C1. The zero-order valence-electron chi connectivity index (χ0n) is 21.1. The first-order chi connectivity index (χ1) is 17.0. The molecule has 1 aliphatic heterocycles. The average molecular weight is 526 g/mol. The highest BCUT2D eigenvalue weighted by Gasteiger charge is 2.52. The third-order valence-corrected chi connectivity index (χ3v) is 10.1. The van der Waals surface area contributed by atoms with Crippen LogP contribution in [0.1, 0.15) is 13.3 Å². The van der Waals surface area contributed by atoms with Gasteiger partial charge < -0.3 is 14.1 Å². The number of nitriles is 1. The van der Waals surface area contributed by atoms with E-state index in [1.807, 2.05) is 23.0 Å². The number of fused-ring (bicyclic) bond motifs is 1. The van der Waals surface area contributed by atoms with Gasteiger partial charge in [-0.1, -0.05) is 26.2 Å². The highest BCUT2D eigenvalue weighted by atomic mass is 32.2. The van der Waals surface area contributed by atoms with Crippen molar-refractivity contribution in [2.24, 2.45) is 0 Å². The summed E-state index contributed by atoms with van der Waals surface area (Å²) in [6.07, 6.45) is 5.32. The maximum Gasteiger partial charge on any atom is 0.231 e. The molecule has 0 unspecified atom stereocenters. The molecule has 1 aliphatic rings. The van der Waals surface area contributed by atoms with Crippen LogP contribution in [-0.4, -0.2) is 65.3 Å². The van der Waals surface area contributed by atoms with Crippen LogP contribution in [0.15, 0.2) is 30.9 Å². The van der Waals surface area contributed by atoms with Crippen LogP contribution in [0.25, 0.3) is 27.1 Å². The van der Waals surface area contributed by atoms with Crippen molar-refractivity contribution in [1.29, 1.82) is 5.26 Å². The Balaban J connectivity index is 1.64.